The van der Waals surface area contributed by atoms with E-state index >= 15 is 0 Å². The van der Waals surface area contributed by atoms with Gasteiger partial charge in [0.25, 0.3) is 0 Å². The number of carbonyl (C=O) groups is 1. The quantitative estimate of drug-likeness (QED) is 0.614. The number of hydrogen-bond donors (Lipinski definition) is 1. The minimum atomic E-state index is -0.622. The molecule has 29 heavy (non-hydrogen) atoms. The van der Waals surface area contributed by atoms with Gasteiger partial charge in [-0.3, -0.25) is 4.79 Å². The number of ether oxygens (including phenoxy) is 2. The minimum absolute atomic E-state index is 0.150. The normalized spacial score (nSPS) is 23.4. The van der Waals surface area contributed by atoms with Crippen molar-refractivity contribution in [1.82, 2.24) is 4.90 Å². The van der Waals surface area contributed by atoms with E-state index in [1.165, 1.54) is 4.68 Å². The van der Waals surface area contributed by atoms with Gasteiger partial charge in [0.2, 0.25) is 18.3 Å². The monoisotopic (exact) mass is 416 g/mol. The Morgan fingerprint density at radius 3 is 2.76 bits per heavy atom. The first-order chi connectivity index (χ1) is 13.8. The summed E-state index contributed by atoms with van der Waals surface area (Å²) >= 11 is 6.00. The Balaban J connectivity index is 1.70. The molecule has 0 spiro atoms. The van der Waals surface area contributed by atoms with Crippen LogP contribution in [0, 0.1) is 0 Å². The average Bonchev–Trinajstić information content (AvgIpc) is 2.68. The van der Waals surface area contributed by atoms with Gasteiger partial charge in [-0.25, -0.2) is 5.84 Å². The number of aromatic nitrogens is 1. The fourth-order valence-corrected chi connectivity index (χ4v) is 4.35. The van der Waals surface area contributed by atoms with Crippen molar-refractivity contribution < 1.29 is 18.9 Å². The molecular formula is C22H27ClN3O3+. The maximum absolute atomic E-state index is 12.8. The molecule has 1 saturated heterocycles. The Hall–Kier alpha value is -2.31. The molecule has 2 aliphatic heterocycles. The van der Waals surface area contributed by atoms with Gasteiger partial charge in [0.15, 0.2) is 0 Å². The highest BCUT2D eigenvalue weighted by atomic mass is 35.5. The van der Waals surface area contributed by atoms with E-state index in [0.717, 1.165) is 29.7 Å². The molecule has 2 aliphatic rings. The molecule has 0 aliphatic carbocycles. The second-order valence-electron chi connectivity index (χ2n) is 8.26. The zero-order valence-corrected chi connectivity index (χ0v) is 17.6. The number of carbonyl (C=O) groups excluding carboxylic acids is 1. The first-order valence-electron chi connectivity index (χ1n) is 10.00. The number of nitrogens with zero attached hydrogens (tertiary/aromatic N) is 2. The van der Waals surface area contributed by atoms with Crippen molar-refractivity contribution in [2.75, 3.05) is 12.4 Å². The van der Waals surface area contributed by atoms with Crippen LogP contribution in [0.5, 0.6) is 5.75 Å². The molecule has 154 valence electrons. The number of nitrogens with two attached hydrogens (primary N) is 1. The zero-order valence-electron chi connectivity index (χ0n) is 16.8. The standard InChI is InChI=1S/C22H27ClN3O3/c1-22(2)21(28-14-15-6-8-16(23)9-7-15)20(26-11-4-3-5-19(26)27)17-13-25(24)12-10-18(17)29-22/h6-10,12-13,20-21H,3-5,11,14,24H2,1-2H3/q+1. The summed E-state index contributed by atoms with van der Waals surface area (Å²) in [5.74, 6) is 6.90. The highest BCUT2D eigenvalue weighted by Crippen LogP contribution is 2.44. The van der Waals surface area contributed by atoms with Crippen molar-refractivity contribution in [3.63, 3.8) is 0 Å². The van der Waals surface area contributed by atoms with Crippen LogP contribution in [-0.4, -0.2) is 29.1 Å². The Bertz CT molecular complexity index is 901. The largest absolute Gasteiger partial charge is 0.484 e. The van der Waals surface area contributed by atoms with E-state index in [1.54, 1.807) is 6.20 Å². The third kappa shape index (κ3) is 4.05. The van der Waals surface area contributed by atoms with Gasteiger partial charge in [0, 0.05) is 24.1 Å². The second kappa shape index (κ2) is 7.84. The van der Waals surface area contributed by atoms with Crippen molar-refractivity contribution in [2.24, 2.45) is 0 Å². The van der Waals surface area contributed by atoms with E-state index in [0.29, 0.717) is 24.6 Å². The molecule has 2 aromatic rings. The van der Waals surface area contributed by atoms with E-state index in [-0.39, 0.29) is 18.1 Å². The third-order valence-corrected chi connectivity index (χ3v) is 5.92. The van der Waals surface area contributed by atoms with Gasteiger partial charge in [-0.1, -0.05) is 28.4 Å². The van der Waals surface area contributed by atoms with Crippen LogP contribution < -0.4 is 15.3 Å². The number of benzene rings is 1. The lowest BCUT2D eigenvalue weighted by atomic mass is 9.85. The molecule has 0 radical (unpaired) electrons. The Morgan fingerprint density at radius 1 is 1.28 bits per heavy atom. The molecule has 1 fully saturated rings. The van der Waals surface area contributed by atoms with Crippen LogP contribution in [0.1, 0.15) is 50.3 Å². The first-order valence-corrected chi connectivity index (χ1v) is 10.4. The molecule has 0 bridgehead atoms. The van der Waals surface area contributed by atoms with Crippen molar-refractivity contribution in [3.8, 4) is 5.75 Å². The Kier molecular flexibility index (Phi) is 5.40. The van der Waals surface area contributed by atoms with Crippen LogP contribution in [0.3, 0.4) is 0 Å². The number of nitrogen functional groups attached to an aromatic ring is 1. The van der Waals surface area contributed by atoms with Gasteiger partial charge in [0.05, 0.1) is 18.2 Å². The van der Waals surface area contributed by atoms with Crippen LogP contribution >= 0.6 is 11.6 Å². The molecule has 2 unspecified atom stereocenters. The molecule has 7 heteroatoms. The summed E-state index contributed by atoms with van der Waals surface area (Å²) in [5, 5.41) is 0.688. The fraction of sp³-hybridized carbons (Fsp3) is 0.455. The highest BCUT2D eigenvalue weighted by molar-refractivity contribution is 6.30. The number of halogens is 1. The zero-order chi connectivity index (χ0) is 20.6. The van der Waals surface area contributed by atoms with Crippen LogP contribution in [0.25, 0.3) is 0 Å². The summed E-state index contributed by atoms with van der Waals surface area (Å²) < 4.78 is 14.2. The van der Waals surface area contributed by atoms with Gasteiger partial charge in [0.1, 0.15) is 17.5 Å². The van der Waals surface area contributed by atoms with Crippen molar-refractivity contribution in [2.45, 2.75) is 57.5 Å². The van der Waals surface area contributed by atoms with Crippen molar-refractivity contribution in [3.05, 3.63) is 58.9 Å². The molecule has 1 aromatic carbocycles. The van der Waals surface area contributed by atoms with E-state index in [4.69, 9.17) is 26.9 Å². The molecule has 1 amide bonds. The van der Waals surface area contributed by atoms with Crippen molar-refractivity contribution >= 4 is 17.5 Å². The van der Waals surface area contributed by atoms with Gasteiger partial charge < -0.3 is 14.4 Å². The topological polar surface area (TPSA) is 68.7 Å². The number of hydrogen-bond acceptors (Lipinski definition) is 4. The average molecular weight is 417 g/mol. The molecule has 2 N–H and O–H groups in total. The number of rotatable bonds is 4. The molecule has 6 nitrogen and oxygen atoms in total. The summed E-state index contributed by atoms with van der Waals surface area (Å²) in [6.45, 7) is 5.12. The summed E-state index contributed by atoms with van der Waals surface area (Å²) in [6.07, 6.45) is 5.70. The number of pyridine rings is 1. The lowest BCUT2D eigenvalue weighted by molar-refractivity contribution is -0.639. The van der Waals surface area contributed by atoms with E-state index in [2.05, 4.69) is 0 Å². The van der Waals surface area contributed by atoms with E-state index in [1.807, 2.05) is 55.3 Å². The minimum Gasteiger partial charge on any atom is -0.484 e. The summed E-state index contributed by atoms with van der Waals surface area (Å²) in [7, 11) is 0. The predicted octanol–water partition coefficient (Wildman–Crippen LogP) is 3.15. The summed E-state index contributed by atoms with van der Waals surface area (Å²) in [6, 6.07) is 9.18. The van der Waals surface area contributed by atoms with Crippen LogP contribution in [0.2, 0.25) is 5.02 Å². The SMILES string of the molecule is CC1(C)Oc2cc[n+](N)cc2C(N2CCCCC2=O)C1OCc1ccc(Cl)cc1. The van der Waals surface area contributed by atoms with Gasteiger partial charge in [-0.2, -0.15) is 0 Å². The second-order valence-corrected chi connectivity index (χ2v) is 8.70. The Morgan fingerprint density at radius 2 is 2.03 bits per heavy atom. The van der Waals surface area contributed by atoms with E-state index < -0.39 is 5.60 Å². The predicted molar refractivity (Wildman–Crippen MR) is 110 cm³/mol. The molecule has 4 rings (SSSR count). The van der Waals surface area contributed by atoms with Gasteiger partial charge in [-0.05, 0) is 44.4 Å². The maximum atomic E-state index is 12.8. The number of piperidine rings is 1. The number of fused-ring (bicyclic) bond motifs is 1. The lowest BCUT2D eigenvalue weighted by Gasteiger charge is -2.48. The maximum Gasteiger partial charge on any atom is 0.223 e. The first kappa shape index (κ1) is 20.0. The molecule has 2 atom stereocenters. The van der Waals surface area contributed by atoms with Gasteiger partial charge in [-0.15, -0.1) is 0 Å². The number of amides is 1. The van der Waals surface area contributed by atoms with Crippen LogP contribution in [0.4, 0.5) is 0 Å². The van der Waals surface area contributed by atoms with Crippen LogP contribution in [0.15, 0.2) is 42.7 Å². The fourth-order valence-electron chi connectivity index (χ4n) is 4.23. The van der Waals surface area contributed by atoms with Crippen molar-refractivity contribution in [1.29, 1.82) is 0 Å². The smallest absolute Gasteiger partial charge is 0.223 e. The lowest BCUT2D eigenvalue weighted by Crippen LogP contribution is -2.57. The highest BCUT2D eigenvalue weighted by Gasteiger charge is 2.49. The summed E-state index contributed by atoms with van der Waals surface area (Å²) in [5.41, 5.74) is 1.27. The molecule has 3 heterocycles. The van der Waals surface area contributed by atoms with Gasteiger partial charge >= 0.3 is 0 Å². The third-order valence-electron chi connectivity index (χ3n) is 5.67. The molecular weight excluding hydrogens is 390 g/mol. The van der Waals surface area contributed by atoms with Crippen LogP contribution in [-0.2, 0) is 16.1 Å². The molecule has 0 saturated carbocycles. The number of likely N-dealkylation sites (tertiary alicyclic amines) is 1. The van der Waals surface area contributed by atoms with E-state index in [9.17, 15) is 4.79 Å². The molecule has 1 aromatic heterocycles. The Labute approximate surface area is 176 Å². The summed E-state index contributed by atoms with van der Waals surface area (Å²) in [4.78, 5) is 14.8.